The van der Waals surface area contributed by atoms with E-state index in [1.807, 2.05) is 18.3 Å². The van der Waals surface area contributed by atoms with Gasteiger partial charge in [0.05, 0.1) is 30.8 Å². The third-order valence-electron chi connectivity index (χ3n) is 4.87. The first-order valence-electron chi connectivity index (χ1n) is 9.59. The van der Waals surface area contributed by atoms with Gasteiger partial charge in [-0.2, -0.15) is 5.10 Å². The van der Waals surface area contributed by atoms with Crippen LogP contribution < -0.4 is 14.8 Å². The van der Waals surface area contributed by atoms with Crippen molar-refractivity contribution in [2.45, 2.75) is 19.8 Å². The molecule has 0 aliphatic heterocycles. The fraction of sp³-hybridized carbons (Fsp3) is 0.273. The number of benzene rings is 2. The first-order chi connectivity index (χ1) is 14.1. The van der Waals surface area contributed by atoms with E-state index in [1.165, 1.54) is 12.1 Å². The lowest BCUT2D eigenvalue weighted by molar-refractivity contribution is 0.356. The van der Waals surface area contributed by atoms with E-state index in [-0.39, 0.29) is 5.82 Å². The zero-order chi connectivity index (χ0) is 20.4. The average molecular weight is 394 g/mol. The largest absolute Gasteiger partial charge is 0.493 e. The van der Waals surface area contributed by atoms with Gasteiger partial charge in [-0.1, -0.05) is 13.3 Å². The van der Waals surface area contributed by atoms with Crippen LogP contribution in [-0.4, -0.2) is 35.5 Å². The van der Waals surface area contributed by atoms with Crippen molar-refractivity contribution >= 4 is 27.6 Å². The molecule has 0 saturated carbocycles. The van der Waals surface area contributed by atoms with Crippen molar-refractivity contribution < 1.29 is 13.9 Å². The third-order valence-corrected chi connectivity index (χ3v) is 4.87. The summed E-state index contributed by atoms with van der Waals surface area (Å²) in [5.74, 6) is 1.72. The molecule has 2 aromatic heterocycles. The molecule has 0 atom stereocenters. The van der Waals surface area contributed by atoms with Crippen molar-refractivity contribution in [1.82, 2.24) is 14.8 Å². The van der Waals surface area contributed by atoms with Gasteiger partial charge in [0.2, 0.25) is 0 Å². The summed E-state index contributed by atoms with van der Waals surface area (Å²) in [6, 6.07) is 9.99. The Balaban J connectivity index is 1.94. The first-order valence-corrected chi connectivity index (χ1v) is 9.59. The molecule has 150 valence electrons. The van der Waals surface area contributed by atoms with Crippen LogP contribution in [0.15, 0.2) is 42.6 Å². The highest BCUT2D eigenvalue weighted by Gasteiger charge is 2.16. The molecule has 29 heavy (non-hydrogen) atoms. The quantitative estimate of drug-likeness (QED) is 0.450. The average Bonchev–Trinajstić information content (AvgIpc) is 3.19. The SMILES string of the molecule is CCCCNc1nc2cc(OC)c(OC)cc2c2nn(-c3ccc(F)cc3)cc12. The number of fused-ring (bicyclic) bond motifs is 3. The lowest BCUT2D eigenvalue weighted by atomic mass is 10.1. The highest BCUT2D eigenvalue weighted by molar-refractivity contribution is 6.08. The Bertz CT molecular complexity index is 1160. The number of rotatable bonds is 7. The Labute approximate surface area is 168 Å². The van der Waals surface area contributed by atoms with Gasteiger partial charge in [0, 0.05) is 24.2 Å². The number of nitrogens with one attached hydrogen (secondary N) is 1. The number of hydrogen-bond donors (Lipinski definition) is 1. The molecule has 2 aromatic carbocycles. The maximum atomic E-state index is 13.3. The van der Waals surface area contributed by atoms with Crippen LogP contribution in [-0.2, 0) is 0 Å². The summed E-state index contributed by atoms with van der Waals surface area (Å²) in [6.45, 7) is 2.97. The zero-order valence-electron chi connectivity index (χ0n) is 16.7. The fourth-order valence-corrected chi connectivity index (χ4v) is 3.32. The number of anilines is 1. The first kappa shape index (κ1) is 19.0. The Hall–Kier alpha value is -3.35. The topological polar surface area (TPSA) is 61.2 Å². The minimum Gasteiger partial charge on any atom is -0.493 e. The van der Waals surface area contributed by atoms with Crippen LogP contribution in [0.2, 0.25) is 0 Å². The van der Waals surface area contributed by atoms with Gasteiger partial charge >= 0.3 is 0 Å². The summed E-state index contributed by atoms with van der Waals surface area (Å²) in [5, 5.41) is 9.96. The summed E-state index contributed by atoms with van der Waals surface area (Å²) in [7, 11) is 3.21. The van der Waals surface area contributed by atoms with Crippen LogP contribution in [0.5, 0.6) is 11.5 Å². The van der Waals surface area contributed by atoms with Gasteiger partial charge in [0.1, 0.15) is 17.2 Å². The maximum absolute atomic E-state index is 13.3. The predicted molar refractivity (Wildman–Crippen MR) is 113 cm³/mol. The second kappa shape index (κ2) is 7.95. The molecule has 0 fully saturated rings. The number of nitrogens with zero attached hydrogens (tertiary/aromatic N) is 3. The van der Waals surface area contributed by atoms with Crippen LogP contribution in [0.1, 0.15) is 19.8 Å². The second-order valence-corrected chi connectivity index (χ2v) is 6.78. The highest BCUT2D eigenvalue weighted by Crippen LogP contribution is 2.36. The summed E-state index contributed by atoms with van der Waals surface area (Å²) in [5.41, 5.74) is 2.33. The maximum Gasteiger partial charge on any atom is 0.162 e. The van der Waals surface area contributed by atoms with Gasteiger partial charge in [0.15, 0.2) is 11.5 Å². The molecule has 0 amide bonds. The predicted octanol–water partition coefficient (Wildman–Crippen LogP) is 4.94. The van der Waals surface area contributed by atoms with E-state index in [9.17, 15) is 4.39 Å². The van der Waals surface area contributed by atoms with Gasteiger partial charge in [-0.05, 0) is 36.8 Å². The summed E-state index contributed by atoms with van der Waals surface area (Å²) in [6.07, 6.45) is 4.04. The van der Waals surface area contributed by atoms with E-state index in [0.29, 0.717) is 11.5 Å². The molecule has 2 heterocycles. The molecule has 0 radical (unpaired) electrons. The standard InChI is InChI=1S/C22H23FN4O2/c1-4-5-10-24-22-17-13-27(15-8-6-14(23)7-9-15)26-21(17)16-11-19(28-2)20(29-3)12-18(16)25-22/h6-9,11-13H,4-5,10H2,1-3H3,(H,24,25). The van der Waals surface area contributed by atoms with Gasteiger partial charge in [-0.25, -0.2) is 14.1 Å². The normalized spacial score (nSPS) is 11.2. The Morgan fingerprint density at radius 3 is 2.45 bits per heavy atom. The number of pyridine rings is 1. The van der Waals surface area contributed by atoms with E-state index in [1.54, 1.807) is 31.0 Å². The van der Waals surface area contributed by atoms with E-state index >= 15 is 0 Å². The van der Waals surface area contributed by atoms with Gasteiger partial charge in [0.25, 0.3) is 0 Å². The molecule has 6 nitrogen and oxygen atoms in total. The summed E-state index contributed by atoms with van der Waals surface area (Å²) < 4.78 is 26.0. The lowest BCUT2D eigenvalue weighted by Crippen LogP contribution is -2.03. The third kappa shape index (κ3) is 3.55. The molecule has 1 N–H and O–H groups in total. The smallest absolute Gasteiger partial charge is 0.162 e. The number of aromatic nitrogens is 3. The van der Waals surface area contributed by atoms with Crippen molar-refractivity contribution in [3.8, 4) is 17.2 Å². The van der Waals surface area contributed by atoms with Crippen LogP contribution in [0.3, 0.4) is 0 Å². The molecule has 4 aromatic rings. The minimum atomic E-state index is -0.281. The summed E-state index contributed by atoms with van der Waals surface area (Å²) >= 11 is 0. The molecule has 7 heteroatoms. The molecule has 0 aliphatic carbocycles. The van der Waals surface area contributed by atoms with Gasteiger partial charge < -0.3 is 14.8 Å². The molecule has 0 spiro atoms. The van der Waals surface area contributed by atoms with Crippen molar-refractivity contribution in [2.75, 3.05) is 26.1 Å². The molecule has 4 rings (SSSR count). The summed E-state index contributed by atoms with van der Waals surface area (Å²) in [4.78, 5) is 4.82. The Kier molecular flexibility index (Phi) is 5.20. The molecule has 0 unspecified atom stereocenters. The lowest BCUT2D eigenvalue weighted by Gasteiger charge is -2.11. The van der Waals surface area contributed by atoms with Crippen molar-refractivity contribution in [1.29, 1.82) is 0 Å². The van der Waals surface area contributed by atoms with E-state index < -0.39 is 0 Å². The number of unbranched alkanes of at least 4 members (excludes halogenated alkanes) is 1. The molecule has 0 aliphatic rings. The number of methoxy groups -OCH3 is 2. The van der Waals surface area contributed by atoms with Crippen LogP contribution in [0.25, 0.3) is 27.5 Å². The van der Waals surface area contributed by atoms with E-state index in [2.05, 4.69) is 12.2 Å². The van der Waals surface area contributed by atoms with Gasteiger partial charge in [-0.3, -0.25) is 0 Å². The second-order valence-electron chi connectivity index (χ2n) is 6.78. The van der Waals surface area contributed by atoms with Crippen LogP contribution in [0, 0.1) is 5.82 Å². The fourth-order valence-electron chi connectivity index (χ4n) is 3.32. The zero-order valence-corrected chi connectivity index (χ0v) is 16.7. The molecule has 0 saturated heterocycles. The van der Waals surface area contributed by atoms with Crippen molar-refractivity contribution in [3.63, 3.8) is 0 Å². The Morgan fingerprint density at radius 1 is 1.03 bits per heavy atom. The van der Waals surface area contributed by atoms with Crippen LogP contribution in [0.4, 0.5) is 10.2 Å². The Morgan fingerprint density at radius 2 is 1.76 bits per heavy atom. The minimum absolute atomic E-state index is 0.281. The monoisotopic (exact) mass is 394 g/mol. The van der Waals surface area contributed by atoms with Crippen molar-refractivity contribution in [2.24, 2.45) is 0 Å². The van der Waals surface area contributed by atoms with Crippen LogP contribution >= 0.6 is 0 Å². The van der Waals surface area contributed by atoms with Crippen molar-refractivity contribution in [3.05, 3.63) is 48.4 Å². The van der Waals surface area contributed by atoms with E-state index in [0.717, 1.165) is 52.7 Å². The van der Waals surface area contributed by atoms with Gasteiger partial charge in [-0.15, -0.1) is 0 Å². The number of ether oxygens (including phenoxy) is 2. The highest BCUT2D eigenvalue weighted by atomic mass is 19.1. The van der Waals surface area contributed by atoms with E-state index in [4.69, 9.17) is 19.6 Å². The molecule has 0 bridgehead atoms. The number of hydrogen-bond acceptors (Lipinski definition) is 5. The molecular formula is C22H23FN4O2. The molecular weight excluding hydrogens is 371 g/mol. The number of halogens is 1.